The highest BCUT2D eigenvalue weighted by atomic mass is 32.2. The van der Waals surface area contributed by atoms with Gasteiger partial charge in [-0.2, -0.15) is 11.8 Å². The van der Waals surface area contributed by atoms with Gasteiger partial charge in [0, 0.05) is 23.4 Å². The Morgan fingerprint density at radius 2 is 2.18 bits per heavy atom. The highest BCUT2D eigenvalue weighted by molar-refractivity contribution is 7.99. The van der Waals surface area contributed by atoms with Crippen LogP contribution in [-0.2, 0) is 0 Å². The minimum Gasteiger partial charge on any atom is -0.354 e. The smallest absolute Gasteiger partial charge is 0.223 e. The van der Waals surface area contributed by atoms with Gasteiger partial charge in [0.15, 0.2) is 0 Å². The molecule has 1 N–H and O–H groups in total. The molecule has 2 rings (SSSR count). The second kappa shape index (κ2) is 5.87. The van der Waals surface area contributed by atoms with Crippen LogP contribution in [0.1, 0.15) is 13.3 Å². The van der Waals surface area contributed by atoms with Gasteiger partial charge in [0.05, 0.1) is 5.52 Å². The van der Waals surface area contributed by atoms with Crippen molar-refractivity contribution in [1.82, 2.24) is 9.97 Å². The fourth-order valence-corrected chi connectivity index (χ4v) is 1.92. The summed E-state index contributed by atoms with van der Waals surface area (Å²) in [6.45, 7) is 3.15. The van der Waals surface area contributed by atoms with Crippen molar-refractivity contribution in [2.45, 2.75) is 18.6 Å². The summed E-state index contributed by atoms with van der Waals surface area (Å²) < 4.78 is 0. The zero-order valence-corrected chi connectivity index (χ0v) is 11.0. The van der Waals surface area contributed by atoms with Gasteiger partial charge in [0.1, 0.15) is 0 Å². The Bertz CT molecular complexity index is 487. The summed E-state index contributed by atoms with van der Waals surface area (Å²) in [6, 6.07) is 8.02. The van der Waals surface area contributed by atoms with Crippen molar-refractivity contribution < 1.29 is 0 Å². The van der Waals surface area contributed by atoms with Crippen LogP contribution < -0.4 is 5.32 Å². The van der Waals surface area contributed by atoms with Crippen molar-refractivity contribution in [2.75, 3.05) is 18.1 Å². The Labute approximate surface area is 106 Å². The summed E-state index contributed by atoms with van der Waals surface area (Å²) in [5, 5.41) is 5.02. The Kier molecular flexibility index (Phi) is 4.20. The molecule has 0 saturated carbocycles. The van der Waals surface area contributed by atoms with Gasteiger partial charge in [-0.05, 0) is 18.7 Å². The van der Waals surface area contributed by atoms with E-state index in [4.69, 9.17) is 0 Å². The van der Waals surface area contributed by atoms with Crippen LogP contribution in [0.4, 0.5) is 5.95 Å². The molecular weight excluding hydrogens is 230 g/mol. The number of nitrogens with one attached hydrogen (secondary N) is 1. The molecule has 3 nitrogen and oxygen atoms in total. The summed E-state index contributed by atoms with van der Waals surface area (Å²) in [5.41, 5.74) is 0.989. The van der Waals surface area contributed by atoms with Crippen molar-refractivity contribution in [2.24, 2.45) is 0 Å². The number of fused-ring (bicyclic) bond motifs is 1. The number of thioether (sulfide) groups is 1. The molecule has 0 aliphatic rings. The van der Waals surface area contributed by atoms with E-state index in [1.54, 1.807) is 0 Å². The Balaban J connectivity index is 1.99. The molecule has 0 bridgehead atoms. The molecule has 4 heteroatoms. The zero-order valence-electron chi connectivity index (χ0n) is 10.2. The first-order chi connectivity index (χ1) is 8.29. The Hall–Kier alpha value is -1.29. The fraction of sp³-hybridized carbons (Fsp3) is 0.385. The number of benzene rings is 1. The zero-order chi connectivity index (χ0) is 12.1. The second-order valence-electron chi connectivity index (χ2n) is 4.01. The van der Waals surface area contributed by atoms with Gasteiger partial charge in [0.2, 0.25) is 5.95 Å². The van der Waals surface area contributed by atoms with E-state index in [0.29, 0.717) is 5.25 Å². The maximum Gasteiger partial charge on any atom is 0.223 e. The molecule has 90 valence electrons. The van der Waals surface area contributed by atoms with Crippen LogP contribution in [-0.4, -0.2) is 28.0 Å². The van der Waals surface area contributed by atoms with Gasteiger partial charge >= 0.3 is 0 Å². The fourth-order valence-electron chi connectivity index (χ4n) is 1.56. The minimum absolute atomic E-state index is 0.669. The molecule has 1 atom stereocenters. The van der Waals surface area contributed by atoms with E-state index < -0.39 is 0 Å². The SMILES string of the molecule is CSC(C)CCNc1ncc2ccccc2n1. The van der Waals surface area contributed by atoms with Gasteiger partial charge in [-0.15, -0.1) is 0 Å². The third-order valence-electron chi connectivity index (χ3n) is 2.73. The van der Waals surface area contributed by atoms with Crippen molar-refractivity contribution in [3.8, 4) is 0 Å². The number of aromatic nitrogens is 2. The molecule has 1 heterocycles. The molecule has 1 unspecified atom stereocenters. The largest absolute Gasteiger partial charge is 0.354 e. The molecule has 0 fully saturated rings. The van der Waals surface area contributed by atoms with E-state index in [2.05, 4.69) is 28.5 Å². The van der Waals surface area contributed by atoms with Crippen molar-refractivity contribution in [1.29, 1.82) is 0 Å². The summed E-state index contributed by atoms with van der Waals surface area (Å²) in [5.74, 6) is 0.719. The lowest BCUT2D eigenvalue weighted by molar-refractivity contribution is 0.846. The second-order valence-corrected chi connectivity index (χ2v) is 5.29. The van der Waals surface area contributed by atoms with Crippen LogP contribution in [0.25, 0.3) is 10.9 Å². The molecular formula is C13H17N3S. The summed E-state index contributed by atoms with van der Waals surface area (Å²) in [7, 11) is 0. The third-order valence-corrected chi connectivity index (χ3v) is 3.77. The number of rotatable bonds is 5. The monoisotopic (exact) mass is 247 g/mol. The van der Waals surface area contributed by atoms with Crippen LogP contribution in [0.5, 0.6) is 0 Å². The van der Waals surface area contributed by atoms with Crippen LogP contribution in [0, 0.1) is 0 Å². The number of hydrogen-bond acceptors (Lipinski definition) is 4. The highest BCUT2D eigenvalue weighted by Crippen LogP contribution is 2.13. The molecule has 0 amide bonds. The molecule has 0 aliphatic carbocycles. The first-order valence-corrected chi connectivity index (χ1v) is 7.07. The van der Waals surface area contributed by atoms with E-state index in [1.807, 2.05) is 42.2 Å². The molecule has 2 aromatic rings. The summed E-state index contributed by atoms with van der Waals surface area (Å²) in [6.07, 6.45) is 5.12. The molecule has 0 spiro atoms. The van der Waals surface area contributed by atoms with E-state index in [-0.39, 0.29) is 0 Å². The van der Waals surface area contributed by atoms with E-state index >= 15 is 0 Å². The number of para-hydroxylation sites is 1. The number of nitrogens with zero attached hydrogens (tertiary/aromatic N) is 2. The summed E-state index contributed by atoms with van der Waals surface area (Å²) >= 11 is 1.88. The topological polar surface area (TPSA) is 37.8 Å². The van der Waals surface area contributed by atoms with Crippen LogP contribution >= 0.6 is 11.8 Å². The maximum absolute atomic E-state index is 4.47. The van der Waals surface area contributed by atoms with Crippen LogP contribution in [0.3, 0.4) is 0 Å². The predicted molar refractivity (Wildman–Crippen MR) is 75.6 cm³/mol. The summed E-state index contributed by atoms with van der Waals surface area (Å²) in [4.78, 5) is 8.77. The van der Waals surface area contributed by atoms with E-state index in [9.17, 15) is 0 Å². The Morgan fingerprint density at radius 1 is 1.35 bits per heavy atom. The molecule has 1 aromatic carbocycles. The third kappa shape index (κ3) is 3.33. The van der Waals surface area contributed by atoms with E-state index in [0.717, 1.165) is 29.8 Å². The van der Waals surface area contributed by atoms with Gasteiger partial charge < -0.3 is 5.32 Å². The van der Waals surface area contributed by atoms with Crippen LogP contribution in [0.15, 0.2) is 30.5 Å². The Morgan fingerprint density at radius 3 is 3.00 bits per heavy atom. The van der Waals surface area contributed by atoms with Crippen molar-refractivity contribution in [3.05, 3.63) is 30.5 Å². The predicted octanol–water partition coefficient (Wildman–Crippen LogP) is 3.18. The molecule has 0 aliphatic heterocycles. The van der Waals surface area contributed by atoms with Gasteiger partial charge in [0.25, 0.3) is 0 Å². The molecule has 1 aromatic heterocycles. The average Bonchev–Trinajstić information content (AvgIpc) is 2.38. The quantitative estimate of drug-likeness (QED) is 0.880. The number of anilines is 1. The van der Waals surface area contributed by atoms with Crippen molar-refractivity contribution in [3.63, 3.8) is 0 Å². The normalized spacial score (nSPS) is 12.6. The standard InChI is InChI=1S/C13H17N3S/c1-10(17-2)7-8-14-13-15-9-11-5-3-4-6-12(11)16-13/h3-6,9-10H,7-8H2,1-2H3,(H,14,15,16). The van der Waals surface area contributed by atoms with E-state index in [1.165, 1.54) is 0 Å². The number of hydrogen-bond donors (Lipinski definition) is 1. The van der Waals surface area contributed by atoms with Gasteiger partial charge in [-0.25, -0.2) is 9.97 Å². The molecule has 17 heavy (non-hydrogen) atoms. The first kappa shape index (κ1) is 12.2. The lowest BCUT2D eigenvalue weighted by atomic mass is 10.2. The van der Waals surface area contributed by atoms with Crippen LogP contribution in [0.2, 0.25) is 0 Å². The first-order valence-electron chi connectivity index (χ1n) is 5.78. The van der Waals surface area contributed by atoms with Crippen molar-refractivity contribution >= 4 is 28.6 Å². The lowest BCUT2D eigenvalue weighted by Crippen LogP contribution is -2.09. The molecule has 0 radical (unpaired) electrons. The highest BCUT2D eigenvalue weighted by Gasteiger charge is 2.01. The average molecular weight is 247 g/mol. The van der Waals surface area contributed by atoms with Gasteiger partial charge in [-0.1, -0.05) is 25.1 Å². The maximum atomic E-state index is 4.47. The molecule has 0 saturated heterocycles. The van der Waals surface area contributed by atoms with Gasteiger partial charge in [-0.3, -0.25) is 0 Å². The lowest BCUT2D eigenvalue weighted by Gasteiger charge is -2.09. The minimum atomic E-state index is 0.669.